The fourth-order valence-electron chi connectivity index (χ4n) is 2.16. The Morgan fingerprint density at radius 3 is 2.63 bits per heavy atom. The fourth-order valence-corrected chi connectivity index (χ4v) is 2.53. The second-order valence-corrected chi connectivity index (χ2v) is 5.41. The molecule has 0 radical (unpaired) electrons. The maximum atomic E-state index is 13.2. The van der Waals surface area contributed by atoms with E-state index >= 15 is 0 Å². The minimum Gasteiger partial charge on any atom is -0.387 e. The third-order valence-electron chi connectivity index (χ3n) is 3.26. The predicted octanol–water partition coefficient (Wildman–Crippen LogP) is 1.22. The largest absolute Gasteiger partial charge is 0.387 e. The first-order chi connectivity index (χ1) is 9.10. The molecule has 19 heavy (non-hydrogen) atoms. The van der Waals surface area contributed by atoms with Crippen LogP contribution in [-0.4, -0.2) is 53.6 Å². The molecule has 0 unspecified atom stereocenters. The number of benzene rings is 1. The van der Waals surface area contributed by atoms with E-state index in [1.807, 2.05) is 0 Å². The number of piperazine rings is 1. The van der Waals surface area contributed by atoms with Gasteiger partial charge in [-0.05, 0) is 23.8 Å². The van der Waals surface area contributed by atoms with E-state index in [0.717, 1.165) is 23.1 Å². The minimum atomic E-state index is -0.435. The molecule has 0 aliphatic carbocycles. The zero-order chi connectivity index (χ0) is 13.8. The topological polar surface area (TPSA) is 43.8 Å². The van der Waals surface area contributed by atoms with Gasteiger partial charge in [0.25, 0.3) is 0 Å². The zero-order valence-corrected chi connectivity index (χ0v) is 12.1. The maximum Gasteiger partial charge on any atom is 0.248 e. The van der Waals surface area contributed by atoms with Gasteiger partial charge in [-0.15, -0.1) is 0 Å². The Bertz CT molecular complexity index is 462. The molecular formula is C13H16BrFN2O2. The van der Waals surface area contributed by atoms with Gasteiger partial charge in [0.05, 0.1) is 0 Å². The van der Waals surface area contributed by atoms with E-state index in [-0.39, 0.29) is 11.7 Å². The highest BCUT2D eigenvalue weighted by Gasteiger charge is 2.20. The predicted molar refractivity (Wildman–Crippen MR) is 73.0 cm³/mol. The van der Waals surface area contributed by atoms with E-state index in [9.17, 15) is 9.18 Å². The molecule has 0 spiro atoms. The average molecular weight is 331 g/mol. The molecule has 1 aromatic carbocycles. The van der Waals surface area contributed by atoms with Crippen LogP contribution in [-0.2, 0) is 11.3 Å². The van der Waals surface area contributed by atoms with Gasteiger partial charge >= 0.3 is 0 Å². The summed E-state index contributed by atoms with van der Waals surface area (Å²) in [5.41, 5.74) is 0.905. The van der Waals surface area contributed by atoms with Crippen LogP contribution in [0.5, 0.6) is 0 Å². The first-order valence-corrected chi connectivity index (χ1v) is 6.94. The van der Waals surface area contributed by atoms with Gasteiger partial charge in [0.15, 0.2) is 0 Å². The second kappa shape index (κ2) is 6.45. The zero-order valence-electron chi connectivity index (χ0n) is 10.5. The molecule has 1 saturated heterocycles. The Morgan fingerprint density at radius 2 is 2.00 bits per heavy atom. The number of aliphatic hydroxyl groups is 1. The summed E-state index contributed by atoms with van der Waals surface area (Å²) < 4.78 is 14.1. The van der Waals surface area contributed by atoms with Crippen LogP contribution in [0.25, 0.3) is 0 Å². The van der Waals surface area contributed by atoms with Crippen molar-refractivity contribution in [2.24, 2.45) is 0 Å². The Kier molecular flexibility index (Phi) is 4.90. The summed E-state index contributed by atoms with van der Waals surface area (Å²) in [6, 6.07) is 4.65. The number of hydrogen-bond acceptors (Lipinski definition) is 3. The number of rotatable bonds is 3. The minimum absolute atomic E-state index is 0.230. The van der Waals surface area contributed by atoms with Crippen molar-refractivity contribution in [3.63, 3.8) is 0 Å². The van der Waals surface area contributed by atoms with Crippen molar-refractivity contribution in [2.75, 3.05) is 32.8 Å². The molecule has 0 bridgehead atoms. The van der Waals surface area contributed by atoms with E-state index in [1.54, 1.807) is 11.0 Å². The van der Waals surface area contributed by atoms with Crippen molar-refractivity contribution in [3.8, 4) is 0 Å². The van der Waals surface area contributed by atoms with Gasteiger partial charge in [0.1, 0.15) is 12.4 Å². The second-order valence-electron chi connectivity index (χ2n) is 4.55. The molecule has 1 aromatic rings. The van der Waals surface area contributed by atoms with Crippen molar-refractivity contribution in [3.05, 3.63) is 34.1 Å². The maximum absolute atomic E-state index is 13.2. The third-order valence-corrected chi connectivity index (χ3v) is 4.04. The molecule has 1 aliphatic heterocycles. The normalized spacial score (nSPS) is 16.7. The van der Waals surface area contributed by atoms with Crippen LogP contribution < -0.4 is 0 Å². The van der Waals surface area contributed by atoms with Crippen LogP contribution in [0.15, 0.2) is 22.7 Å². The number of halogens is 2. The highest BCUT2D eigenvalue weighted by atomic mass is 79.9. The standard InChI is InChI=1S/C13H16BrFN2O2/c14-12-2-1-11(15)7-10(12)8-16-3-5-17(6-4-16)13(19)9-18/h1-2,7,18H,3-6,8-9H2. The SMILES string of the molecule is O=C(CO)N1CCN(Cc2cc(F)ccc2Br)CC1. The van der Waals surface area contributed by atoms with Crippen LogP contribution >= 0.6 is 15.9 Å². The summed E-state index contributed by atoms with van der Waals surface area (Å²) in [7, 11) is 0. The quantitative estimate of drug-likeness (QED) is 0.906. The molecule has 1 N–H and O–H groups in total. The lowest BCUT2D eigenvalue weighted by Gasteiger charge is -2.34. The first kappa shape index (κ1) is 14.4. The summed E-state index contributed by atoms with van der Waals surface area (Å²) in [6.07, 6.45) is 0. The van der Waals surface area contributed by atoms with E-state index < -0.39 is 6.61 Å². The van der Waals surface area contributed by atoms with Gasteiger partial charge in [-0.1, -0.05) is 15.9 Å². The molecule has 1 fully saturated rings. The van der Waals surface area contributed by atoms with Crippen molar-refractivity contribution in [1.82, 2.24) is 9.80 Å². The Labute approximate surface area is 119 Å². The van der Waals surface area contributed by atoms with Crippen LogP contribution in [0, 0.1) is 5.82 Å². The fraction of sp³-hybridized carbons (Fsp3) is 0.462. The highest BCUT2D eigenvalue weighted by Crippen LogP contribution is 2.20. The Morgan fingerprint density at radius 1 is 1.32 bits per heavy atom. The first-order valence-electron chi connectivity index (χ1n) is 6.15. The molecule has 2 rings (SSSR count). The number of carbonyl (C=O) groups excluding carboxylic acids is 1. The van der Waals surface area contributed by atoms with Crippen molar-refractivity contribution in [2.45, 2.75) is 6.54 Å². The molecule has 104 valence electrons. The lowest BCUT2D eigenvalue weighted by Crippen LogP contribution is -2.49. The van der Waals surface area contributed by atoms with Crippen molar-refractivity contribution >= 4 is 21.8 Å². The van der Waals surface area contributed by atoms with Crippen LogP contribution in [0.4, 0.5) is 4.39 Å². The Balaban J connectivity index is 1.92. The summed E-state index contributed by atoms with van der Waals surface area (Å²) >= 11 is 3.41. The summed E-state index contributed by atoms with van der Waals surface area (Å²) in [4.78, 5) is 15.1. The van der Waals surface area contributed by atoms with Gasteiger partial charge < -0.3 is 10.0 Å². The third kappa shape index (κ3) is 3.75. The van der Waals surface area contributed by atoms with E-state index in [2.05, 4.69) is 20.8 Å². The Hall–Kier alpha value is -0.980. The molecule has 0 atom stereocenters. The summed E-state index contributed by atoms with van der Waals surface area (Å²) in [5.74, 6) is -0.473. The monoisotopic (exact) mass is 330 g/mol. The van der Waals surface area contributed by atoms with Gasteiger partial charge in [-0.2, -0.15) is 0 Å². The van der Waals surface area contributed by atoms with Crippen LogP contribution in [0.3, 0.4) is 0 Å². The smallest absolute Gasteiger partial charge is 0.248 e. The van der Waals surface area contributed by atoms with Gasteiger partial charge in [0, 0.05) is 37.2 Å². The number of carbonyl (C=O) groups is 1. The van der Waals surface area contributed by atoms with Gasteiger partial charge in [0.2, 0.25) is 5.91 Å². The van der Waals surface area contributed by atoms with Crippen molar-refractivity contribution < 1.29 is 14.3 Å². The van der Waals surface area contributed by atoms with E-state index in [0.29, 0.717) is 19.6 Å². The number of hydrogen-bond donors (Lipinski definition) is 1. The summed E-state index contributed by atoms with van der Waals surface area (Å²) in [6.45, 7) is 2.89. The number of amides is 1. The lowest BCUT2D eigenvalue weighted by atomic mass is 10.2. The van der Waals surface area contributed by atoms with Crippen LogP contribution in [0.1, 0.15) is 5.56 Å². The molecule has 1 aliphatic rings. The van der Waals surface area contributed by atoms with Crippen LogP contribution in [0.2, 0.25) is 0 Å². The molecule has 1 amide bonds. The van der Waals surface area contributed by atoms with Gasteiger partial charge in [-0.25, -0.2) is 4.39 Å². The molecule has 6 heteroatoms. The van der Waals surface area contributed by atoms with E-state index in [1.165, 1.54) is 12.1 Å². The van der Waals surface area contributed by atoms with Crippen molar-refractivity contribution in [1.29, 1.82) is 0 Å². The number of nitrogens with zero attached hydrogens (tertiary/aromatic N) is 2. The molecule has 1 heterocycles. The van der Waals surface area contributed by atoms with Gasteiger partial charge in [-0.3, -0.25) is 9.69 Å². The average Bonchev–Trinajstić information content (AvgIpc) is 2.43. The number of aliphatic hydroxyl groups excluding tert-OH is 1. The van der Waals surface area contributed by atoms with E-state index in [4.69, 9.17) is 5.11 Å². The molecule has 0 saturated carbocycles. The highest BCUT2D eigenvalue weighted by molar-refractivity contribution is 9.10. The molecular weight excluding hydrogens is 315 g/mol. The molecule has 0 aromatic heterocycles. The summed E-state index contributed by atoms with van der Waals surface area (Å²) in [5, 5.41) is 8.80. The lowest BCUT2D eigenvalue weighted by molar-refractivity contribution is -0.135. The molecule has 4 nitrogen and oxygen atoms in total.